The third kappa shape index (κ3) is 4.93. The van der Waals surface area contributed by atoms with E-state index >= 15 is 0 Å². The molecule has 0 bridgehead atoms. The first-order valence-electron chi connectivity index (χ1n) is 11.4. The molecule has 5 rings (SSSR count). The summed E-state index contributed by atoms with van der Waals surface area (Å²) in [4.78, 5) is 21.5. The fourth-order valence-electron chi connectivity index (χ4n) is 4.27. The van der Waals surface area contributed by atoms with Gasteiger partial charge < -0.3 is 20.4 Å². The average Bonchev–Trinajstić information content (AvgIpc) is 2.88. The van der Waals surface area contributed by atoms with Crippen LogP contribution < -0.4 is 20.4 Å². The molecular weight excluding hydrogens is 429 g/mol. The normalized spacial score (nSPS) is 13.7. The Bertz CT molecular complexity index is 1280. The van der Waals surface area contributed by atoms with Gasteiger partial charge in [-0.05, 0) is 53.4 Å². The lowest BCUT2D eigenvalue weighted by Crippen LogP contribution is -2.46. The summed E-state index contributed by atoms with van der Waals surface area (Å²) in [6.45, 7) is 3.72. The van der Waals surface area contributed by atoms with Crippen molar-refractivity contribution in [3.8, 4) is 0 Å². The maximum absolute atomic E-state index is 13.2. The molecule has 172 valence electrons. The number of carbonyl (C=O) groups is 1. The van der Waals surface area contributed by atoms with Gasteiger partial charge >= 0.3 is 6.03 Å². The lowest BCUT2D eigenvalue weighted by Gasteiger charge is -2.36. The first-order valence-corrected chi connectivity index (χ1v) is 11.4. The van der Waals surface area contributed by atoms with Gasteiger partial charge in [0.05, 0.1) is 5.69 Å². The molecule has 0 spiro atoms. The number of hydrogen-bond donors (Lipinski definition) is 2. The number of urea groups is 1. The third-order valence-electron chi connectivity index (χ3n) is 6.10. The van der Waals surface area contributed by atoms with Crippen LogP contribution in [-0.2, 0) is 6.54 Å². The molecule has 7 heteroatoms. The minimum Gasteiger partial charge on any atom is -0.368 e. The fourth-order valence-corrected chi connectivity index (χ4v) is 4.27. The fraction of sp³-hybridized carbons (Fsp3) is 0.185. The molecule has 2 heterocycles. The molecule has 1 aromatic heterocycles. The van der Waals surface area contributed by atoms with E-state index in [9.17, 15) is 9.18 Å². The van der Waals surface area contributed by atoms with Crippen molar-refractivity contribution in [2.45, 2.75) is 6.54 Å². The van der Waals surface area contributed by atoms with E-state index < -0.39 is 0 Å². The van der Waals surface area contributed by atoms with E-state index in [4.69, 9.17) is 0 Å². The zero-order chi connectivity index (χ0) is 23.3. The smallest absolute Gasteiger partial charge is 0.319 e. The lowest BCUT2D eigenvalue weighted by atomic mass is 10.1. The van der Waals surface area contributed by atoms with E-state index in [1.54, 1.807) is 6.20 Å². The van der Waals surface area contributed by atoms with Gasteiger partial charge in [-0.15, -0.1) is 0 Å². The van der Waals surface area contributed by atoms with Gasteiger partial charge in [0.1, 0.15) is 11.6 Å². The number of carbonyl (C=O) groups excluding carboxylic acids is 1. The summed E-state index contributed by atoms with van der Waals surface area (Å²) in [7, 11) is 0. The molecule has 0 aliphatic carbocycles. The summed E-state index contributed by atoms with van der Waals surface area (Å²) in [6, 6.07) is 24.1. The Morgan fingerprint density at radius 2 is 1.62 bits per heavy atom. The van der Waals surface area contributed by atoms with Crippen molar-refractivity contribution in [3.05, 3.63) is 96.4 Å². The molecule has 1 fully saturated rings. The third-order valence-corrected chi connectivity index (χ3v) is 6.10. The molecule has 1 aliphatic heterocycles. The highest BCUT2D eigenvalue weighted by atomic mass is 19.1. The van der Waals surface area contributed by atoms with Crippen LogP contribution in [0, 0.1) is 5.82 Å². The largest absolute Gasteiger partial charge is 0.368 e. The van der Waals surface area contributed by atoms with Gasteiger partial charge in [0.25, 0.3) is 0 Å². The van der Waals surface area contributed by atoms with E-state index in [1.807, 2.05) is 66.7 Å². The van der Waals surface area contributed by atoms with Crippen LogP contribution in [0.15, 0.2) is 85.1 Å². The minimum atomic E-state index is -0.248. The number of amides is 2. The summed E-state index contributed by atoms with van der Waals surface area (Å²) < 4.78 is 13.2. The second-order valence-electron chi connectivity index (χ2n) is 8.31. The Morgan fingerprint density at radius 1 is 0.882 bits per heavy atom. The van der Waals surface area contributed by atoms with Crippen LogP contribution in [0.2, 0.25) is 0 Å². The van der Waals surface area contributed by atoms with Gasteiger partial charge in [-0.2, -0.15) is 0 Å². The van der Waals surface area contributed by atoms with Crippen LogP contribution in [0.25, 0.3) is 10.8 Å². The SMILES string of the molecule is O=C(NCc1ccnc(N2CCN(c3ccc(F)cc3)CC2)c1)Nc1cccc2ccccc12. The summed E-state index contributed by atoms with van der Waals surface area (Å²) in [6.07, 6.45) is 1.78. The van der Waals surface area contributed by atoms with Gasteiger partial charge in [-0.25, -0.2) is 14.2 Å². The molecule has 2 amide bonds. The molecule has 34 heavy (non-hydrogen) atoms. The Hall–Kier alpha value is -4.13. The van der Waals surface area contributed by atoms with Crippen molar-refractivity contribution in [2.75, 3.05) is 41.3 Å². The monoisotopic (exact) mass is 455 g/mol. The number of fused-ring (bicyclic) bond motifs is 1. The van der Waals surface area contributed by atoms with Crippen LogP contribution in [0.3, 0.4) is 0 Å². The number of halogens is 1. The summed E-state index contributed by atoms with van der Waals surface area (Å²) in [5.41, 5.74) is 2.80. The second-order valence-corrected chi connectivity index (χ2v) is 8.31. The average molecular weight is 456 g/mol. The van der Waals surface area contributed by atoms with Crippen LogP contribution in [0.5, 0.6) is 0 Å². The first kappa shape index (κ1) is 21.7. The van der Waals surface area contributed by atoms with E-state index in [0.29, 0.717) is 6.54 Å². The highest BCUT2D eigenvalue weighted by molar-refractivity contribution is 6.01. The second kappa shape index (κ2) is 9.79. The zero-order valence-corrected chi connectivity index (χ0v) is 18.7. The van der Waals surface area contributed by atoms with Crippen molar-refractivity contribution < 1.29 is 9.18 Å². The van der Waals surface area contributed by atoms with Gasteiger partial charge in [0.15, 0.2) is 0 Å². The molecule has 0 unspecified atom stereocenters. The van der Waals surface area contributed by atoms with Crippen molar-refractivity contribution in [1.29, 1.82) is 0 Å². The number of aromatic nitrogens is 1. The van der Waals surface area contributed by atoms with E-state index in [1.165, 1.54) is 12.1 Å². The lowest BCUT2D eigenvalue weighted by molar-refractivity contribution is 0.252. The summed E-state index contributed by atoms with van der Waals surface area (Å²) in [5.74, 6) is 0.676. The summed E-state index contributed by atoms with van der Waals surface area (Å²) in [5, 5.41) is 7.98. The molecular formula is C27H26FN5O. The minimum absolute atomic E-state index is 0.220. The van der Waals surface area contributed by atoms with Crippen molar-refractivity contribution in [3.63, 3.8) is 0 Å². The van der Waals surface area contributed by atoms with Gasteiger partial charge in [0, 0.05) is 50.0 Å². The van der Waals surface area contributed by atoms with E-state index in [-0.39, 0.29) is 11.8 Å². The quantitative estimate of drug-likeness (QED) is 0.444. The van der Waals surface area contributed by atoms with Crippen LogP contribution >= 0.6 is 0 Å². The predicted molar refractivity (Wildman–Crippen MR) is 135 cm³/mol. The highest BCUT2D eigenvalue weighted by Crippen LogP contribution is 2.23. The molecule has 0 saturated carbocycles. The molecule has 2 N–H and O–H groups in total. The number of nitrogens with zero attached hydrogens (tertiary/aromatic N) is 3. The zero-order valence-electron chi connectivity index (χ0n) is 18.7. The predicted octanol–water partition coefficient (Wildman–Crippen LogP) is 5.02. The topological polar surface area (TPSA) is 60.5 Å². The van der Waals surface area contributed by atoms with Crippen LogP contribution in [0.4, 0.5) is 26.4 Å². The number of anilines is 3. The molecule has 1 saturated heterocycles. The highest BCUT2D eigenvalue weighted by Gasteiger charge is 2.18. The van der Waals surface area contributed by atoms with Crippen molar-refractivity contribution in [1.82, 2.24) is 10.3 Å². The number of pyridine rings is 1. The standard InChI is InChI=1S/C27H26FN5O/c28-22-8-10-23(11-9-22)32-14-16-33(17-15-32)26-18-20(12-13-29-26)19-30-27(34)31-25-7-3-5-21-4-1-2-6-24(21)25/h1-13,18H,14-17,19H2,(H2,30,31,34). The molecule has 1 aliphatic rings. The number of rotatable bonds is 5. The maximum Gasteiger partial charge on any atom is 0.319 e. The Labute approximate surface area is 198 Å². The Kier molecular flexibility index (Phi) is 6.25. The number of piperazine rings is 1. The van der Waals surface area contributed by atoms with Crippen LogP contribution in [0.1, 0.15) is 5.56 Å². The van der Waals surface area contributed by atoms with Gasteiger partial charge in [-0.1, -0.05) is 36.4 Å². The van der Waals surface area contributed by atoms with E-state index in [0.717, 1.165) is 59.7 Å². The maximum atomic E-state index is 13.2. The Morgan fingerprint density at radius 3 is 2.44 bits per heavy atom. The number of hydrogen-bond acceptors (Lipinski definition) is 4. The first-order chi connectivity index (χ1) is 16.7. The van der Waals surface area contributed by atoms with E-state index in [2.05, 4.69) is 25.4 Å². The Balaban J connectivity index is 1.17. The molecule has 0 radical (unpaired) electrons. The van der Waals surface area contributed by atoms with Crippen molar-refractivity contribution in [2.24, 2.45) is 0 Å². The molecule has 0 atom stereocenters. The van der Waals surface area contributed by atoms with Crippen molar-refractivity contribution >= 4 is 34.0 Å². The molecule has 6 nitrogen and oxygen atoms in total. The molecule has 4 aromatic rings. The molecule has 3 aromatic carbocycles. The number of nitrogens with one attached hydrogen (secondary N) is 2. The number of benzene rings is 3. The van der Waals surface area contributed by atoms with Gasteiger partial charge in [0.2, 0.25) is 0 Å². The summed E-state index contributed by atoms with van der Waals surface area (Å²) >= 11 is 0. The van der Waals surface area contributed by atoms with Gasteiger partial charge in [-0.3, -0.25) is 0 Å². The van der Waals surface area contributed by atoms with Crippen LogP contribution in [-0.4, -0.2) is 37.2 Å².